The summed E-state index contributed by atoms with van der Waals surface area (Å²) < 4.78 is 0. The lowest BCUT2D eigenvalue weighted by Crippen LogP contribution is -2.27. The van der Waals surface area contributed by atoms with Crippen molar-refractivity contribution < 1.29 is 0 Å². The maximum Gasteiger partial charge on any atom is 0.227 e. The summed E-state index contributed by atoms with van der Waals surface area (Å²) in [6, 6.07) is 23.1. The van der Waals surface area contributed by atoms with E-state index in [1.165, 1.54) is 11.1 Å². The van der Waals surface area contributed by atoms with Crippen LogP contribution in [0.3, 0.4) is 0 Å². The average molecular weight is 361 g/mol. The Morgan fingerprint density at radius 3 is 1.74 bits per heavy atom. The van der Waals surface area contributed by atoms with E-state index in [1.54, 1.807) is 0 Å². The van der Waals surface area contributed by atoms with Crippen LogP contribution in [0, 0.1) is 6.92 Å². The van der Waals surface area contributed by atoms with E-state index in [0.717, 1.165) is 43.6 Å². The van der Waals surface area contributed by atoms with Crippen molar-refractivity contribution in [1.82, 2.24) is 9.97 Å². The topological polar surface area (TPSA) is 32.3 Å². The second-order valence-electron chi connectivity index (χ2n) is 6.67. The molecule has 0 spiro atoms. The molecule has 0 aliphatic carbocycles. The third-order valence-electron chi connectivity index (χ3n) is 4.63. The second-order valence-corrected chi connectivity index (χ2v) is 6.67. The van der Waals surface area contributed by atoms with Crippen LogP contribution in [0.2, 0.25) is 0 Å². The van der Waals surface area contributed by atoms with Gasteiger partial charge in [0.15, 0.2) is 0 Å². The summed E-state index contributed by atoms with van der Waals surface area (Å²) in [5, 5.41) is 0. The number of hydrogen-bond donors (Lipinski definition) is 0. The highest BCUT2D eigenvalue weighted by atomic mass is 15.3. The summed E-state index contributed by atoms with van der Waals surface area (Å²) in [5.41, 5.74) is 3.55. The van der Waals surface area contributed by atoms with Crippen molar-refractivity contribution in [2.24, 2.45) is 0 Å². The van der Waals surface area contributed by atoms with Crippen molar-refractivity contribution in [2.75, 3.05) is 22.9 Å². The van der Waals surface area contributed by atoms with Gasteiger partial charge >= 0.3 is 0 Å². The standard InChI is InChI=1S/C23H28N4/c1-4-26(17-20-12-8-6-9-13-20)22-16-19(3)24-23(25-22)27(5-2)18-21-14-10-7-11-15-21/h6-16H,4-5,17-18H2,1-3H3. The fourth-order valence-electron chi connectivity index (χ4n) is 3.13. The molecular weight excluding hydrogens is 332 g/mol. The molecule has 0 aliphatic rings. The molecule has 1 aromatic heterocycles. The van der Waals surface area contributed by atoms with Gasteiger partial charge in [-0.2, -0.15) is 4.98 Å². The Morgan fingerprint density at radius 1 is 0.704 bits per heavy atom. The monoisotopic (exact) mass is 360 g/mol. The Balaban J connectivity index is 1.85. The van der Waals surface area contributed by atoms with Crippen molar-refractivity contribution in [3.05, 3.63) is 83.6 Å². The van der Waals surface area contributed by atoms with Gasteiger partial charge in [0.2, 0.25) is 5.95 Å². The largest absolute Gasteiger partial charge is 0.352 e. The Morgan fingerprint density at radius 2 is 1.22 bits per heavy atom. The highest BCUT2D eigenvalue weighted by Crippen LogP contribution is 2.20. The summed E-state index contributed by atoms with van der Waals surface area (Å²) in [7, 11) is 0. The molecule has 0 bridgehead atoms. The molecule has 4 nitrogen and oxygen atoms in total. The first kappa shape index (κ1) is 18.9. The number of benzene rings is 2. The lowest BCUT2D eigenvalue weighted by atomic mass is 10.2. The Bertz CT molecular complexity index is 766. The molecule has 0 amide bonds. The predicted octanol–water partition coefficient (Wildman–Crippen LogP) is 4.84. The van der Waals surface area contributed by atoms with Gasteiger partial charge in [-0.3, -0.25) is 0 Å². The fourth-order valence-corrected chi connectivity index (χ4v) is 3.13. The second kappa shape index (κ2) is 9.17. The van der Waals surface area contributed by atoms with Gasteiger partial charge in [-0.15, -0.1) is 0 Å². The van der Waals surface area contributed by atoms with E-state index in [4.69, 9.17) is 9.97 Å². The zero-order valence-electron chi connectivity index (χ0n) is 16.5. The maximum atomic E-state index is 4.91. The van der Waals surface area contributed by atoms with Crippen LogP contribution >= 0.6 is 0 Å². The number of hydrogen-bond acceptors (Lipinski definition) is 4. The highest BCUT2D eigenvalue weighted by Gasteiger charge is 2.14. The van der Waals surface area contributed by atoms with E-state index in [0.29, 0.717) is 0 Å². The van der Waals surface area contributed by atoms with Crippen LogP contribution < -0.4 is 9.80 Å². The zero-order valence-corrected chi connectivity index (χ0v) is 16.5. The molecule has 0 fully saturated rings. The van der Waals surface area contributed by atoms with E-state index in [2.05, 4.69) is 84.3 Å². The molecule has 2 aromatic carbocycles. The van der Waals surface area contributed by atoms with Gasteiger partial charge < -0.3 is 9.80 Å². The third-order valence-corrected chi connectivity index (χ3v) is 4.63. The molecule has 0 atom stereocenters. The number of aryl methyl sites for hydroxylation is 1. The van der Waals surface area contributed by atoms with Crippen molar-refractivity contribution >= 4 is 11.8 Å². The smallest absolute Gasteiger partial charge is 0.227 e. The fraction of sp³-hybridized carbons (Fsp3) is 0.304. The third kappa shape index (κ3) is 5.07. The number of anilines is 2. The molecule has 0 unspecified atom stereocenters. The molecule has 3 rings (SSSR count). The van der Waals surface area contributed by atoms with E-state index in [-0.39, 0.29) is 0 Å². The SMILES string of the molecule is CCN(Cc1ccccc1)c1cc(C)nc(N(CC)Cc2ccccc2)n1. The van der Waals surface area contributed by atoms with E-state index >= 15 is 0 Å². The van der Waals surface area contributed by atoms with Crippen LogP contribution in [-0.2, 0) is 13.1 Å². The number of aromatic nitrogens is 2. The van der Waals surface area contributed by atoms with Crippen molar-refractivity contribution in [2.45, 2.75) is 33.9 Å². The minimum Gasteiger partial charge on any atom is -0.352 e. The molecule has 140 valence electrons. The predicted molar refractivity (Wildman–Crippen MR) is 113 cm³/mol. The van der Waals surface area contributed by atoms with Gasteiger partial charge in [0, 0.05) is 37.9 Å². The van der Waals surface area contributed by atoms with Crippen LogP contribution in [0.1, 0.15) is 30.7 Å². The van der Waals surface area contributed by atoms with Gasteiger partial charge in [0.05, 0.1) is 0 Å². The molecule has 3 aromatic rings. The Kier molecular flexibility index (Phi) is 6.42. The number of rotatable bonds is 8. The molecule has 4 heteroatoms. The number of nitrogens with zero attached hydrogens (tertiary/aromatic N) is 4. The lowest BCUT2D eigenvalue weighted by Gasteiger charge is -2.26. The van der Waals surface area contributed by atoms with Crippen LogP contribution in [0.5, 0.6) is 0 Å². The maximum absolute atomic E-state index is 4.91. The minimum atomic E-state index is 0.794. The summed E-state index contributed by atoms with van der Waals surface area (Å²) >= 11 is 0. The average Bonchev–Trinajstić information content (AvgIpc) is 2.71. The summed E-state index contributed by atoms with van der Waals surface area (Å²) in [6.45, 7) is 9.78. The molecule has 0 aliphatic heterocycles. The molecule has 1 heterocycles. The van der Waals surface area contributed by atoms with Crippen molar-refractivity contribution in [3.8, 4) is 0 Å². The van der Waals surface area contributed by atoms with Crippen LogP contribution in [-0.4, -0.2) is 23.1 Å². The van der Waals surface area contributed by atoms with Crippen molar-refractivity contribution in [1.29, 1.82) is 0 Å². The van der Waals surface area contributed by atoms with Crippen LogP contribution in [0.4, 0.5) is 11.8 Å². The van der Waals surface area contributed by atoms with E-state index in [9.17, 15) is 0 Å². The van der Waals surface area contributed by atoms with E-state index in [1.807, 2.05) is 13.0 Å². The molecule has 0 saturated carbocycles. The van der Waals surface area contributed by atoms with E-state index < -0.39 is 0 Å². The van der Waals surface area contributed by atoms with Gasteiger partial charge in [0.1, 0.15) is 5.82 Å². The van der Waals surface area contributed by atoms with Crippen LogP contribution in [0.15, 0.2) is 66.7 Å². The van der Waals surface area contributed by atoms with Crippen LogP contribution in [0.25, 0.3) is 0 Å². The molecule has 0 N–H and O–H groups in total. The summed E-state index contributed by atoms with van der Waals surface area (Å²) in [4.78, 5) is 14.1. The van der Waals surface area contributed by atoms with Crippen molar-refractivity contribution in [3.63, 3.8) is 0 Å². The van der Waals surface area contributed by atoms with Gasteiger partial charge in [-0.1, -0.05) is 60.7 Å². The summed E-state index contributed by atoms with van der Waals surface area (Å²) in [6.07, 6.45) is 0. The summed E-state index contributed by atoms with van der Waals surface area (Å²) in [5.74, 6) is 1.78. The first-order chi connectivity index (χ1) is 13.2. The van der Waals surface area contributed by atoms with Gasteiger partial charge in [-0.05, 0) is 31.9 Å². The van der Waals surface area contributed by atoms with Gasteiger partial charge in [0.25, 0.3) is 0 Å². The Hall–Kier alpha value is -2.88. The molecule has 27 heavy (non-hydrogen) atoms. The quantitative estimate of drug-likeness (QED) is 0.575. The first-order valence-electron chi connectivity index (χ1n) is 9.63. The minimum absolute atomic E-state index is 0.794. The molecular formula is C23H28N4. The van der Waals surface area contributed by atoms with Gasteiger partial charge in [-0.25, -0.2) is 4.98 Å². The normalized spacial score (nSPS) is 10.6. The highest BCUT2D eigenvalue weighted by molar-refractivity contribution is 5.47. The molecule has 0 saturated heterocycles. The Labute approximate surface area is 162 Å². The lowest BCUT2D eigenvalue weighted by molar-refractivity contribution is 0.766. The zero-order chi connectivity index (χ0) is 19.1. The molecule has 0 radical (unpaired) electrons. The first-order valence-corrected chi connectivity index (χ1v) is 9.63.